The topological polar surface area (TPSA) is 126 Å². The van der Waals surface area contributed by atoms with E-state index in [0.29, 0.717) is 23.4 Å². The number of nitrogens with zero attached hydrogens (tertiary/aromatic N) is 4. The van der Waals surface area contributed by atoms with Crippen molar-refractivity contribution in [2.24, 2.45) is 10.7 Å². The van der Waals surface area contributed by atoms with Crippen LogP contribution in [0.25, 0.3) is 11.3 Å². The highest BCUT2D eigenvalue weighted by molar-refractivity contribution is 6.31. The molecule has 3 aromatic rings. The molecule has 1 atom stereocenters. The van der Waals surface area contributed by atoms with Gasteiger partial charge in [-0.15, -0.1) is 0 Å². The average Bonchev–Trinajstić information content (AvgIpc) is 3.22. The lowest BCUT2D eigenvalue weighted by atomic mass is 10.0. The van der Waals surface area contributed by atoms with Gasteiger partial charge in [0.25, 0.3) is 5.91 Å². The molecule has 1 aliphatic rings. The fourth-order valence-corrected chi connectivity index (χ4v) is 4.31. The maximum absolute atomic E-state index is 13.7. The Kier molecular flexibility index (Phi) is 7.13. The molecule has 0 saturated heterocycles. The number of fused-ring (bicyclic) bond motifs is 1. The van der Waals surface area contributed by atoms with Crippen LogP contribution in [0.5, 0.6) is 0 Å². The molecule has 1 aliphatic heterocycles. The third kappa shape index (κ3) is 5.03. The number of carbonyl (C=O) groups is 2. The number of aromatic nitrogens is 2. The van der Waals surface area contributed by atoms with Crippen molar-refractivity contribution in [2.45, 2.75) is 19.0 Å². The number of primary amides is 1. The molecule has 3 amide bonds. The number of carbonyl (C=O) groups excluding carboxylic acids is 2. The van der Waals surface area contributed by atoms with E-state index < -0.39 is 17.8 Å². The molecule has 35 heavy (non-hydrogen) atoms. The molecule has 0 radical (unpaired) electrons. The average molecular weight is 499 g/mol. The number of amides is 3. The summed E-state index contributed by atoms with van der Waals surface area (Å²) < 4.78 is 15.3. The van der Waals surface area contributed by atoms with Crippen molar-refractivity contribution in [3.8, 4) is 11.3 Å². The van der Waals surface area contributed by atoms with Gasteiger partial charge in [0.15, 0.2) is 0 Å². The van der Waals surface area contributed by atoms with E-state index in [1.54, 1.807) is 30.1 Å². The first-order chi connectivity index (χ1) is 16.8. The largest absolute Gasteiger partial charge is 0.396 e. The lowest BCUT2D eigenvalue weighted by molar-refractivity contribution is 0.0996. The highest BCUT2D eigenvalue weighted by Crippen LogP contribution is 2.34. The van der Waals surface area contributed by atoms with Gasteiger partial charge in [0.2, 0.25) is 0 Å². The van der Waals surface area contributed by atoms with Gasteiger partial charge in [-0.25, -0.2) is 9.18 Å². The Morgan fingerprint density at radius 1 is 1.31 bits per heavy atom. The summed E-state index contributed by atoms with van der Waals surface area (Å²) in [5.41, 5.74) is 8.42. The van der Waals surface area contributed by atoms with Crippen LogP contribution in [0.2, 0.25) is 5.02 Å². The Hall–Kier alpha value is -3.76. The molecule has 2 aromatic carbocycles. The first-order valence-corrected chi connectivity index (χ1v) is 11.3. The summed E-state index contributed by atoms with van der Waals surface area (Å²) in [7, 11) is 1.68. The number of benzene rings is 2. The van der Waals surface area contributed by atoms with Crippen LogP contribution in [0.3, 0.4) is 0 Å². The summed E-state index contributed by atoms with van der Waals surface area (Å²) in [5.74, 6) is -1.34. The number of halogens is 2. The van der Waals surface area contributed by atoms with Gasteiger partial charge >= 0.3 is 6.03 Å². The maximum Gasteiger partial charge on any atom is 0.322 e. The molecule has 2 heterocycles. The number of rotatable bonds is 6. The molecule has 0 bridgehead atoms. The summed E-state index contributed by atoms with van der Waals surface area (Å²) in [6.07, 6.45) is 2.00. The van der Waals surface area contributed by atoms with E-state index in [0.717, 1.165) is 5.56 Å². The van der Waals surface area contributed by atoms with E-state index in [9.17, 15) is 19.1 Å². The standard InChI is InChI=1S/C24H24ClFN6O3/c1-28-11-14-2-5-16(6-3-14)29-24(35)31-12-17(8-9-33)32-20(13-31)21(23(27)34)22(30-32)15-4-7-19(26)18(25)10-15/h2-7,10-11,17,33H,8-9,12-13H2,1H3,(H2,27,34)(H,29,35)/b28-11+. The minimum Gasteiger partial charge on any atom is -0.396 e. The molecule has 0 spiro atoms. The fraction of sp³-hybridized carbons (Fsp3) is 0.250. The third-order valence-corrected chi connectivity index (χ3v) is 6.05. The minimum absolute atomic E-state index is 0.0640. The van der Waals surface area contributed by atoms with E-state index >= 15 is 0 Å². The van der Waals surface area contributed by atoms with Crippen LogP contribution >= 0.6 is 11.6 Å². The van der Waals surface area contributed by atoms with Crippen molar-refractivity contribution >= 4 is 35.4 Å². The van der Waals surface area contributed by atoms with Crippen LogP contribution in [0.1, 0.15) is 34.1 Å². The van der Waals surface area contributed by atoms with Crippen LogP contribution in [0.15, 0.2) is 47.5 Å². The first kappa shape index (κ1) is 24.4. The molecule has 1 aromatic heterocycles. The zero-order valence-corrected chi connectivity index (χ0v) is 19.7. The number of nitrogens with one attached hydrogen (secondary N) is 1. The van der Waals surface area contributed by atoms with Crippen LogP contribution < -0.4 is 11.1 Å². The van der Waals surface area contributed by atoms with Crippen LogP contribution in [0, 0.1) is 5.82 Å². The molecule has 4 rings (SSSR count). The van der Waals surface area contributed by atoms with Crippen molar-refractivity contribution in [3.63, 3.8) is 0 Å². The van der Waals surface area contributed by atoms with Crippen molar-refractivity contribution < 1.29 is 19.1 Å². The predicted molar refractivity (Wildman–Crippen MR) is 131 cm³/mol. The lowest BCUT2D eigenvalue weighted by Crippen LogP contribution is -2.44. The zero-order valence-electron chi connectivity index (χ0n) is 18.9. The number of urea groups is 1. The highest BCUT2D eigenvalue weighted by atomic mass is 35.5. The monoisotopic (exact) mass is 498 g/mol. The van der Waals surface area contributed by atoms with E-state index in [4.69, 9.17) is 17.3 Å². The molecule has 0 aliphatic carbocycles. The summed E-state index contributed by atoms with van der Waals surface area (Å²) in [5, 5.41) is 16.9. The van der Waals surface area contributed by atoms with Gasteiger partial charge < -0.3 is 21.1 Å². The van der Waals surface area contributed by atoms with Crippen LogP contribution in [-0.4, -0.2) is 58.1 Å². The second kappa shape index (κ2) is 10.2. The van der Waals surface area contributed by atoms with Gasteiger partial charge in [-0.3, -0.25) is 14.5 Å². The quantitative estimate of drug-likeness (QED) is 0.450. The summed E-state index contributed by atoms with van der Waals surface area (Å²) >= 11 is 5.94. The van der Waals surface area contributed by atoms with Gasteiger partial charge in [-0.1, -0.05) is 23.7 Å². The van der Waals surface area contributed by atoms with E-state index in [1.807, 2.05) is 12.1 Å². The number of aliphatic imine (C=N–C) groups is 1. The molecule has 11 heteroatoms. The summed E-state index contributed by atoms with van der Waals surface area (Å²) in [6.45, 7) is 0.168. The van der Waals surface area contributed by atoms with Gasteiger partial charge in [-0.05, 0) is 42.3 Å². The second-order valence-corrected chi connectivity index (χ2v) is 8.50. The summed E-state index contributed by atoms with van der Waals surface area (Å²) in [6, 6.07) is 10.4. The second-order valence-electron chi connectivity index (χ2n) is 8.09. The van der Waals surface area contributed by atoms with Crippen molar-refractivity contribution in [3.05, 3.63) is 70.1 Å². The van der Waals surface area contributed by atoms with E-state index in [1.165, 1.54) is 23.1 Å². The summed E-state index contributed by atoms with van der Waals surface area (Å²) in [4.78, 5) is 31.1. The van der Waals surface area contributed by atoms with Crippen LogP contribution in [0.4, 0.5) is 14.9 Å². The smallest absolute Gasteiger partial charge is 0.322 e. The maximum atomic E-state index is 13.7. The van der Waals surface area contributed by atoms with Crippen molar-refractivity contribution in [2.75, 3.05) is 25.5 Å². The Labute approximate surface area is 206 Å². The van der Waals surface area contributed by atoms with Gasteiger partial charge in [0.1, 0.15) is 11.5 Å². The first-order valence-electron chi connectivity index (χ1n) is 10.9. The number of aliphatic hydroxyl groups is 1. The zero-order chi connectivity index (χ0) is 25.1. The molecule has 4 N–H and O–H groups in total. The number of anilines is 1. The highest BCUT2D eigenvalue weighted by Gasteiger charge is 2.34. The number of hydrogen-bond acceptors (Lipinski definition) is 5. The van der Waals surface area contributed by atoms with E-state index in [2.05, 4.69) is 15.4 Å². The predicted octanol–water partition coefficient (Wildman–Crippen LogP) is 3.46. The van der Waals surface area contributed by atoms with Gasteiger partial charge in [-0.2, -0.15) is 5.10 Å². The molecule has 9 nitrogen and oxygen atoms in total. The van der Waals surface area contributed by atoms with Gasteiger partial charge in [0.05, 0.1) is 28.9 Å². The Balaban J connectivity index is 1.68. The fourth-order valence-electron chi connectivity index (χ4n) is 4.13. The number of nitrogens with two attached hydrogens (primary N) is 1. The third-order valence-electron chi connectivity index (χ3n) is 5.76. The molecule has 0 fully saturated rings. The SMILES string of the molecule is C/N=C/c1ccc(NC(=O)N2Cc3c(C(N)=O)c(-c4ccc(F)c(Cl)c4)nn3C(CCO)C2)cc1. The molecular weight excluding hydrogens is 475 g/mol. The Bertz CT molecular complexity index is 1290. The van der Waals surface area contributed by atoms with Gasteiger partial charge in [0, 0.05) is 37.7 Å². The molecular formula is C24H24ClFN6O3. The number of aliphatic hydroxyl groups excluding tert-OH is 1. The Morgan fingerprint density at radius 2 is 2.06 bits per heavy atom. The molecule has 0 saturated carbocycles. The van der Waals surface area contributed by atoms with Crippen LogP contribution in [-0.2, 0) is 6.54 Å². The molecule has 1 unspecified atom stereocenters. The normalized spacial score (nSPS) is 15.3. The van der Waals surface area contributed by atoms with Crippen molar-refractivity contribution in [1.82, 2.24) is 14.7 Å². The molecule has 182 valence electrons. The number of hydrogen-bond donors (Lipinski definition) is 3. The lowest BCUT2D eigenvalue weighted by Gasteiger charge is -2.34. The van der Waals surface area contributed by atoms with Crippen molar-refractivity contribution in [1.29, 1.82) is 0 Å². The van der Waals surface area contributed by atoms with E-state index in [-0.39, 0.29) is 42.0 Å². The minimum atomic E-state index is -0.736. The Morgan fingerprint density at radius 3 is 2.69 bits per heavy atom.